The summed E-state index contributed by atoms with van der Waals surface area (Å²) in [6.07, 6.45) is 2.95. The van der Waals surface area contributed by atoms with Gasteiger partial charge in [-0.2, -0.15) is 0 Å². The first-order valence-electron chi connectivity index (χ1n) is 13.1. The van der Waals surface area contributed by atoms with Crippen LogP contribution in [0.5, 0.6) is 0 Å². The van der Waals surface area contributed by atoms with Crippen LogP contribution < -0.4 is 9.62 Å². The Morgan fingerprint density at radius 2 is 1.59 bits per heavy atom. The summed E-state index contributed by atoms with van der Waals surface area (Å²) in [6.45, 7) is 12.2. The number of benzene rings is 2. The van der Waals surface area contributed by atoms with Crippen LogP contribution in [-0.2, 0) is 26.2 Å². The van der Waals surface area contributed by atoms with E-state index in [2.05, 4.69) is 5.32 Å². The third-order valence-electron chi connectivity index (χ3n) is 6.99. The molecule has 0 heterocycles. The van der Waals surface area contributed by atoms with Gasteiger partial charge in [-0.3, -0.25) is 13.9 Å². The van der Waals surface area contributed by atoms with Crippen molar-refractivity contribution in [2.24, 2.45) is 0 Å². The largest absolute Gasteiger partial charge is 0.352 e. The van der Waals surface area contributed by atoms with E-state index in [1.54, 1.807) is 11.0 Å². The van der Waals surface area contributed by atoms with Crippen LogP contribution in [0, 0.1) is 20.8 Å². The maximum atomic E-state index is 13.6. The standard InChI is InChI=1S/C29H43N3O4S/c1-8-23(5)30-29(34)26(9-2)31(20-25-16-11-10-14-22(25)4)28(33)18-13-19-32(37(7,35)36)27-17-12-15-21(3)24(27)6/h10-12,14-17,23,26H,8-9,13,18-20H2,1-7H3,(H,30,34)/t23-,26+/m0/s1. The molecule has 0 bridgehead atoms. The zero-order valence-corrected chi connectivity index (χ0v) is 24.2. The molecule has 0 unspecified atom stereocenters. The van der Waals surface area contributed by atoms with E-state index in [9.17, 15) is 18.0 Å². The molecule has 2 aromatic carbocycles. The number of amides is 2. The van der Waals surface area contributed by atoms with Crippen molar-refractivity contribution < 1.29 is 18.0 Å². The van der Waals surface area contributed by atoms with Crippen LogP contribution in [0.25, 0.3) is 0 Å². The molecular formula is C29H43N3O4S. The van der Waals surface area contributed by atoms with Crippen molar-refractivity contribution in [3.05, 3.63) is 64.7 Å². The molecule has 0 fully saturated rings. The van der Waals surface area contributed by atoms with Gasteiger partial charge >= 0.3 is 0 Å². The molecule has 0 spiro atoms. The summed E-state index contributed by atoms with van der Waals surface area (Å²) in [5.74, 6) is -0.323. The predicted molar refractivity (Wildman–Crippen MR) is 151 cm³/mol. The summed E-state index contributed by atoms with van der Waals surface area (Å²) < 4.78 is 26.6. The van der Waals surface area contributed by atoms with Crippen LogP contribution in [0.4, 0.5) is 5.69 Å². The molecule has 2 atom stereocenters. The molecule has 7 nitrogen and oxygen atoms in total. The zero-order chi connectivity index (χ0) is 27.8. The first-order valence-corrected chi connectivity index (χ1v) is 14.9. The van der Waals surface area contributed by atoms with E-state index in [0.29, 0.717) is 25.1 Å². The van der Waals surface area contributed by atoms with Gasteiger partial charge in [0.25, 0.3) is 0 Å². The fourth-order valence-corrected chi connectivity index (χ4v) is 5.34. The maximum absolute atomic E-state index is 13.6. The molecule has 2 aromatic rings. The van der Waals surface area contributed by atoms with Gasteiger partial charge in [0, 0.05) is 25.6 Å². The van der Waals surface area contributed by atoms with Crippen molar-refractivity contribution in [2.75, 3.05) is 17.1 Å². The molecule has 2 amide bonds. The highest BCUT2D eigenvalue weighted by Gasteiger charge is 2.29. The highest BCUT2D eigenvalue weighted by atomic mass is 32.2. The van der Waals surface area contributed by atoms with E-state index in [1.807, 2.05) is 77.9 Å². The number of hydrogen-bond donors (Lipinski definition) is 1. The minimum atomic E-state index is -3.54. The lowest BCUT2D eigenvalue weighted by molar-refractivity contribution is -0.141. The monoisotopic (exact) mass is 529 g/mol. The van der Waals surface area contributed by atoms with Crippen molar-refractivity contribution in [3.8, 4) is 0 Å². The Bertz CT molecular complexity index is 1180. The van der Waals surface area contributed by atoms with Gasteiger partial charge in [-0.25, -0.2) is 8.42 Å². The molecule has 204 valence electrons. The van der Waals surface area contributed by atoms with Crippen LogP contribution in [0.3, 0.4) is 0 Å². The summed E-state index contributed by atoms with van der Waals surface area (Å²) in [4.78, 5) is 28.4. The molecule has 0 aliphatic rings. The van der Waals surface area contributed by atoms with E-state index in [4.69, 9.17) is 0 Å². The van der Waals surface area contributed by atoms with Gasteiger partial charge in [-0.05, 0) is 75.3 Å². The third-order valence-corrected chi connectivity index (χ3v) is 8.17. The number of carbonyl (C=O) groups excluding carboxylic acids is 2. The Balaban J connectivity index is 2.27. The number of rotatable bonds is 13. The molecule has 0 aliphatic heterocycles. The predicted octanol–water partition coefficient (Wildman–Crippen LogP) is 4.88. The van der Waals surface area contributed by atoms with E-state index >= 15 is 0 Å². The molecule has 0 saturated carbocycles. The second kappa shape index (κ2) is 13.6. The number of aryl methyl sites for hydroxylation is 2. The van der Waals surface area contributed by atoms with Gasteiger partial charge in [-0.15, -0.1) is 0 Å². The molecule has 0 aromatic heterocycles. The first kappa shape index (κ1) is 30.4. The minimum absolute atomic E-state index is 0.0119. The molecule has 37 heavy (non-hydrogen) atoms. The summed E-state index contributed by atoms with van der Waals surface area (Å²) >= 11 is 0. The zero-order valence-electron chi connectivity index (χ0n) is 23.4. The van der Waals surface area contributed by atoms with Gasteiger partial charge < -0.3 is 10.2 Å². The second-order valence-electron chi connectivity index (χ2n) is 9.85. The Hall–Kier alpha value is -2.87. The summed E-state index contributed by atoms with van der Waals surface area (Å²) in [6, 6.07) is 12.8. The Morgan fingerprint density at radius 1 is 0.946 bits per heavy atom. The molecule has 0 saturated heterocycles. The second-order valence-corrected chi connectivity index (χ2v) is 11.8. The molecule has 1 N–H and O–H groups in total. The van der Waals surface area contributed by atoms with Crippen LogP contribution >= 0.6 is 0 Å². The normalized spacial score (nSPS) is 13.1. The first-order chi connectivity index (χ1) is 17.4. The number of anilines is 1. The molecule has 0 aliphatic carbocycles. The summed E-state index contributed by atoms with van der Waals surface area (Å²) in [7, 11) is -3.54. The van der Waals surface area contributed by atoms with E-state index in [-0.39, 0.29) is 30.8 Å². The summed E-state index contributed by atoms with van der Waals surface area (Å²) in [5.41, 5.74) is 4.57. The average Bonchev–Trinajstić information content (AvgIpc) is 2.84. The van der Waals surface area contributed by atoms with Gasteiger partial charge in [0.05, 0.1) is 11.9 Å². The average molecular weight is 530 g/mol. The molecule has 2 rings (SSSR count). The maximum Gasteiger partial charge on any atom is 0.243 e. The van der Waals surface area contributed by atoms with Gasteiger partial charge in [-0.1, -0.05) is 50.2 Å². The molecule has 8 heteroatoms. The van der Waals surface area contributed by atoms with Crippen LogP contribution in [0.15, 0.2) is 42.5 Å². The third kappa shape index (κ3) is 8.32. The fourth-order valence-electron chi connectivity index (χ4n) is 4.32. The van der Waals surface area contributed by atoms with Crippen molar-refractivity contribution in [1.29, 1.82) is 0 Å². The van der Waals surface area contributed by atoms with Crippen LogP contribution in [0.1, 0.15) is 68.7 Å². The SMILES string of the molecule is CC[C@H](C(=O)N[C@@H](C)CC)N(Cc1ccccc1C)C(=O)CCCN(c1cccc(C)c1C)S(C)(=O)=O. The Morgan fingerprint density at radius 3 is 2.19 bits per heavy atom. The van der Waals surface area contributed by atoms with Gasteiger partial charge in [0.2, 0.25) is 21.8 Å². The van der Waals surface area contributed by atoms with Gasteiger partial charge in [0.1, 0.15) is 6.04 Å². The fraction of sp³-hybridized carbons (Fsp3) is 0.517. The van der Waals surface area contributed by atoms with Crippen molar-refractivity contribution in [2.45, 2.75) is 85.9 Å². The summed E-state index contributed by atoms with van der Waals surface area (Å²) in [5, 5.41) is 3.02. The Labute approximate surface area is 223 Å². The minimum Gasteiger partial charge on any atom is -0.352 e. The number of nitrogens with zero attached hydrogens (tertiary/aromatic N) is 2. The van der Waals surface area contributed by atoms with E-state index in [1.165, 1.54) is 10.6 Å². The van der Waals surface area contributed by atoms with Crippen LogP contribution in [0.2, 0.25) is 0 Å². The number of sulfonamides is 1. The molecule has 0 radical (unpaired) electrons. The van der Waals surface area contributed by atoms with Crippen molar-refractivity contribution in [3.63, 3.8) is 0 Å². The van der Waals surface area contributed by atoms with Crippen molar-refractivity contribution in [1.82, 2.24) is 10.2 Å². The lowest BCUT2D eigenvalue weighted by Crippen LogP contribution is -2.50. The highest BCUT2D eigenvalue weighted by molar-refractivity contribution is 7.92. The molecular weight excluding hydrogens is 486 g/mol. The smallest absolute Gasteiger partial charge is 0.243 e. The topological polar surface area (TPSA) is 86.8 Å². The number of nitrogens with one attached hydrogen (secondary N) is 1. The van der Waals surface area contributed by atoms with E-state index in [0.717, 1.165) is 28.7 Å². The lowest BCUT2D eigenvalue weighted by atomic mass is 10.0. The van der Waals surface area contributed by atoms with Crippen LogP contribution in [-0.4, -0.2) is 50.0 Å². The van der Waals surface area contributed by atoms with E-state index < -0.39 is 16.1 Å². The van der Waals surface area contributed by atoms with Gasteiger partial charge in [0.15, 0.2) is 0 Å². The highest BCUT2D eigenvalue weighted by Crippen LogP contribution is 2.26. The quantitative estimate of drug-likeness (QED) is 0.401. The number of carbonyl (C=O) groups is 2. The Kier molecular flexibility index (Phi) is 11.2. The lowest BCUT2D eigenvalue weighted by Gasteiger charge is -2.32. The number of hydrogen-bond acceptors (Lipinski definition) is 4. The van der Waals surface area contributed by atoms with Crippen molar-refractivity contribution >= 4 is 27.5 Å².